The first-order valence-electron chi connectivity index (χ1n) is 11.2. The van der Waals surface area contributed by atoms with Crippen LogP contribution < -0.4 is 4.90 Å². The zero-order valence-corrected chi connectivity index (χ0v) is 20.9. The molecule has 1 aliphatic heterocycles. The van der Waals surface area contributed by atoms with E-state index < -0.39 is 0 Å². The van der Waals surface area contributed by atoms with Gasteiger partial charge in [0.05, 0.1) is 35.2 Å². The number of thiophene rings is 1. The summed E-state index contributed by atoms with van der Waals surface area (Å²) in [6.45, 7) is 7.12. The summed E-state index contributed by atoms with van der Waals surface area (Å²) in [6, 6.07) is 5.81. The van der Waals surface area contributed by atoms with Crippen LogP contribution in [0.3, 0.4) is 0 Å². The van der Waals surface area contributed by atoms with Crippen LogP contribution in [0.25, 0.3) is 10.2 Å². The molecule has 1 aromatic carbocycles. The van der Waals surface area contributed by atoms with Crippen molar-refractivity contribution < 1.29 is 4.74 Å². The van der Waals surface area contributed by atoms with E-state index in [0.29, 0.717) is 16.6 Å². The van der Waals surface area contributed by atoms with Gasteiger partial charge in [0.15, 0.2) is 0 Å². The number of ether oxygens (including phenoxy) is 1. The van der Waals surface area contributed by atoms with Crippen molar-refractivity contribution in [2.24, 2.45) is 5.92 Å². The molecule has 1 atom stereocenters. The summed E-state index contributed by atoms with van der Waals surface area (Å²) < 4.78 is 5.51. The number of hydrogen-bond acceptors (Lipinski definition) is 6. The average molecular weight is 491 g/mol. The third-order valence-electron chi connectivity index (χ3n) is 6.45. The molecule has 0 amide bonds. The molecule has 0 bridgehead atoms. The molecule has 5 rings (SSSR count). The van der Waals surface area contributed by atoms with Crippen LogP contribution in [0.5, 0.6) is 0 Å². The molecule has 1 unspecified atom stereocenters. The van der Waals surface area contributed by atoms with Crippen molar-refractivity contribution in [2.75, 3.05) is 38.3 Å². The Labute approximate surface area is 203 Å². The minimum Gasteiger partial charge on any atom is -0.379 e. The van der Waals surface area contributed by atoms with Crippen molar-refractivity contribution in [3.05, 3.63) is 50.1 Å². The van der Waals surface area contributed by atoms with E-state index in [0.717, 1.165) is 73.6 Å². The van der Waals surface area contributed by atoms with Gasteiger partial charge in [-0.25, -0.2) is 9.97 Å². The second-order valence-electron chi connectivity index (χ2n) is 8.95. The SMILES string of the molecule is CC1CCc2c(sc3nc(CN4CCOCC4)nc(N(C)Cc4cccc(Cl)c4Cl)c23)C1. The Hall–Kier alpha value is -1.44. The van der Waals surface area contributed by atoms with Crippen LogP contribution in [0.1, 0.15) is 35.2 Å². The molecule has 8 heteroatoms. The molecular formula is C24H28Cl2N4OS. The number of aryl methyl sites for hydroxylation is 1. The van der Waals surface area contributed by atoms with E-state index in [9.17, 15) is 0 Å². The minimum atomic E-state index is 0.584. The van der Waals surface area contributed by atoms with Gasteiger partial charge in [0.1, 0.15) is 16.5 Å². The zero-order valence-electron chi connectivity index (χ0n) is 18.5. The molecule has 32 heavy (non-hydrogen) atoms. The van der Waals surface area contributed by atoms with Crippen molar-refractivity contribution in [3.8, 4) is 0 Å². The summed E-state index contributed by atoms with van der Waals surface area (Å²) in [4.78, 5) is 17.3. The lowest BCUT2D eigenvalue weighted by Crippen LogP contribution is -2.36. The summed E-state index contributed by atoms with van der Waals surface area (Å²) in [5.74, 6) is 2.61. The van der Waals surface area contributed by atoms with Crippen LogP contribution in [0.2, 0.25) is 10.0 Å². The van der Waals surface area contributed by atoms with Crippen LogP contribution >= 0.6 is 34.5 Å². The second-order valence-corrected chi connectivity index (χ2v) is 10.8. The van der Waals surface area contributed by atoms with Crippen LogP contribution in [0.15, 0.2) is 18.2 Å². The molecule has 1 saturated heterocycles. The maximum atomic E-state index is 6.51. The van der Waals surface area contributed by atoms with Gasteiger partial charge in [0.2, 0.25) is 0 Å². The van der Waals surface area contributed by atoms with Gasteiger partial charge in [-0.3, -0.25) is 4.90 Å². The number of anilines is 1. The molecule has 3 heterocycles. The molecule has 0 spiro atoms. The normalized spacial score (nSPS) is 19.3. The molecule has 2 aliphatic rings. The molecule has 5 nitrogen and oxygen atoms in total. The lowest BCUT2D eigenvalue weighted by molar-refractivity contribution is 0.0331. The molecule has 2 aromatic heterocycles. The van der Waals surface area contributed by atoms with Crippen LogP contribution in [-0.2, 0) is 30.7 Å². The summed E-state index contributed by atoms with van der Waals surface area (Å²) in [6.07, 6.45) is 3.46. The number of halogens is 2. The molecule has 3 aromatic rings. The molecule has 1 aliphatic carbocycles. The van der Waals surface area contributed by atoms with Gasteiger partial charge < -0.3 is 9.64 Å². The van der Waals surface area contributed by atoms with E-state index in [4.69, 9.17) is 37.9 Å². The van der Waals surface area contributed by atoms with Crippen LogP contribution in [-0.4, -0.2) is 48.2 Å². The fraction of sp³-hybridized carbons (Fsp3) is 0.500. The van der Waals surface area contributed by atoms with Crippen LogP contribution in [0, 0.1) is 5.92 Å². The van der Waals surface area contributed by atoms with Gasteiger partial charge in [-0.2, -0.15) is 0 Å². The maximum Gasteiger partial charge on any atom is 0.146 e. The van der Waals surface area contributed by atoms with Gasteiger partial charge in [-0.15, -0.1) is 11.3 Å². The predicted molar refractivity (Wildman–Crippen MR) is 133 cm³/mol. The first-order chi connectivity index (χ1) is 15.5. The van der Waals surface area contributed by atoms with E-state index >= 15 is 0 Å². The van der Waals surface area contributed by atoms with E-state index in [1.54, 1.807) is 0 Å². The predicted octanol–water partition coefficient (Wildman–Crippen LogP) is 5.59. The summed E-state index contributed by atoms with van der Waals surface area (Å²) in [5.41, 5.74) is 2.45. The van der Waals surface area contributed by atoms with Crippen LogP contribution in [0.4, 0.5) is 5.82 Å². The van der Waals surface area contributed by atoms with Crippen molar-refractivity contribution >= 4 is 50.6 Å². The van der Waals surface area contributed by atoms with Gasteiger partial charge in [0.25, 0.3) is 0 Å². The molecule has 0 N–H and O–H groups in total. The Morgan fingerprint density at radius 1 is 1.22 bits per heavy atom. The van der Waals surface area contributed by atoms with Gasteiger partial charge in [0, 0.05) is 31.6 Å². The Morgan fingerprint density at radius 3 is 2.84 bits per heavy atom. The third kappa shape index (κ3) is 4.48. The van der Waals surface area contributed by atoms with E-state index in [-0.39, 0.29) is 0 Å². The Bertz CT molecular complexity index is 1130. The number of hydrogen-bond donors (Lipinski definition) is 0. The Balaban J connectivity index is 1.55. The Kier molecular flexibility index (Phi) is 6.59. The standard InChI is InChI=1S/C24H28Cl2N4OS/c1-15-6-7-17-19(12-15)32-24-21(17)23(27-20(28-24)14-30-8-10-31-11-9-30)29(2)13-16-4-3-5-18(25)22(16)26/h3-5,15H,6-14H2,1-2H3. The number of morpholine rings is 1. The highest BCUT2D eigenvalue weighted by atomic mass is 35.5. The quantitative estimate of drug-likeness (QED) is 0.465. The van der Waals surface area contributed by atoms with E-state index in [1.807, 2.05) is 29.5 Å². The second kappa shape index (κ2) is 9.43. The Morgan fingerprint density at radius 2 is 2.03 bits per heavy atom. The molecule has 170 valence electrons. The number of nitrogens with zero attached hydrogens (tertiary/aromatic N) is 4. The molecule has 0 radical (unpaired) electrons. The van der Waals surface area contributed by atoms with Crippen molar-refractivity contribution in [2.45, 2.75) is 39.3 Å². The number of benzene rings is 1. The number of rotatable bonds is 5. The van der Waals surface area contributed by atoms with Gasteiger partial charge in [-0.05, 0) is 42.4 Å². The summed E-state index contributed by atoms with van der Waals surface area (Å²) in [7, 11) is 2.09. The summed E-state index contributed by atoms with van der Waals surface area (Å²) in [5, 5.41) is 2.42. The largest absolute Gasteiger partial charge is 0.379 e. The smallest absolute Gasteiger partial charge is 0.146 e. The lowest BCUT2D eigenvalue weighted by atomic mass is 9.89. The number of fused-ring (bicyclic) bond motifs is 3. The van der Waals surface area contributed by atoms with Gasteiger partial charge >= 0.3 is 0 Å². The highest BCUT2D eigenvalue weighted by Gasteiger charge is 2.26. The average Bonchev–Trinajstić information content (AvgIpc) is 3.14. The summed E-state index contributed by atoms with van der Waals surface area (Å²) >= 11 is 14.6. The van der Waals surface area contributed by atoms with E-state index in [2.05, 4.69) is 23.8 Å². The third-order valence-corrected chi connectivity index (χ3v) is 8.46. The van der Waals surface area contributed by atoms with Crippen molar-refractivity contribution in [1.82, 2.24) is 14.9 Å². The lowest BCUT2D eigenvalue weighted by Gasteiger charge is -2.27. The maximum absolute atomic E-state index is 6.51. The highest BCUT2D eigenvalue weighted by Crippen LogP contribution is 2.41. The molecule has 1 fully saturated rings. The first kappa shape index (κ1) is 22.4. The zero-order chi connectivity index (χ0) is 22.2. The monoisotopic (exact) mass is 490 g/mol. The fourth-order valence-electron chi connectivity index (χ4n) is 4.67. The van der Waals surface area contributed by atoms with Gasteiger partial charge in [-0.1, -0.05) is 42.3 Å². The fourth-order valence-corrected chi connectivity index (χ4v) is 6.45. The van der Waals surface area contributed by atoms with E-state index in [1.165, 1.54) is 22.2 Å². The topological polar surface area (TPSA) is 41.5 Å². The minimum absolute atomic E-state index is 0.584. The number of aromatic nitrogens is 2. The molecule has 0 saturated carbocycles. The highest BCUT2D eigenvalue weighted by molar-refractivity contribution is 7.19. The first-order valence-corrected chi connectivity index (χ1v) is 12.8. The van der Waals surface area contributed by atoms with Crippen molar-refractivity contribution in [1.29, 1.82) is 0 Å². The molecular weight excluding hydrogens is 463 g/mol. The van der Waals surface area contributed by atoms with Crippen molar-refractivity contribution in [3.63, 3.8) is 0 Å².